The zero-order valence-electron chi connectivity index (χ0n) is 12.1. The molecule has 114 valence electrons. The molecule has 0 unspecified atom stereocenters. The summed E-state index contributed by atoms with van der Waals surface area (Å²) >= 11 is 0. The standard InChI is InChI=1S/C15H12F3N3O/c1-7-11(6-19)8(2)21-14(13(7)20-4)10-5-12(15(16,17)18)22-9(10)3/h5,7,21H,1-3H3/t7-/m1/s1. The molecule has 0 saturated carbocycles. The minimum Gasteiger partial charge on any atom is -0.456 e. The molecule has 2 heterocycles. The largest absolute Gasteiger partial charge is 0.456 e. The van der Waals surface area contributed by atoms with Gasteiger partial charge in [0, 0.05) is 22.8 Å². The number of alkyl halides is 3. The summed E-state index contributed by atoms with van der Waals surface area (Å²) in [7, 11) is 0. The van der Waals surface area contributed by atoms with Gasteiger partial charge in [-0.25, -0.2) is 4.85 Å². The number of furan rings is 1. The number of hydrogen-bond acceptors (Lipinski definition) is 3. The smallest absolute Gasteiger partial charge is 0.449 e. The minimum absolute atomic E-state index is 0.0661. The summed E-state index contributed by atoms with van der Waals surface area (Å²) in [5, 5.41) is 12.0. The van der Waals surface area contributed by atoms with Gasteiger partial charge in [-0.3, -0.25) is 0 Å². The Morgan fingerprint density at radius 2 is 2.05 bits per heavy atom. The van der Waals surface area contributed by atoms with Crippen LogP contribution in [-0.4, -0.2) is 0 Å². The molecule has 0 saturated heterocycles. The van der Waals surface area contributed by atoms with E-state index in [0.29, 0.717) is 11.3 Å². The monoisotopic (exact) mass is 307 g/mol. The van der Waals surface area contributed by atoms with Crippen LogP contribution in [0.3, 0.4) is 0 Å². The molecule has 2 rings (SSSR count). The number of nitriles is 1. The lowest BCUT2D eigenvalue weighted by Crippen LogP contribution is -2.23. The van der Waals surface area contributed by atoms with Crippen molar-refractivity contribution >= 4 is 5.70 Å². The van der Waals surface area contributed by atoms with Crippen molar-refractivity contribution in [3.05, 3.63) is 51.5 Å². The van der Waals surface area contributed by atoms with Crippen molar-refractivity contribution in [1.29, 1.82) is 5.26 Å². The molecular formula is C15H12F3N3O. The van der Waals surface area contributed by atoms with Crippen LogP contribution in [0.1, 0.15) is 30.9 Å². The second-order valence-corrected chi connectivity index (χ2v) is 4.95. The van der Waals surface area contributed by atoms with Crippen molar-refractivity contribution in [2.45, 2.75) is 26.9 Å². The van der Waals surface area contributed by atoms with Gasteiger partial charge < -0.3 is 9.73 Å². The van der Waals surface area contributed by atoms with Crippen molar-refractivity contribution < 1.29 is 17.6 Å². The highest BCUT2D eigenvalue weighted by molar-refractivity contribution is 5.75. The summed E-state index contributed by atoms with van der Waals surface area (Å²) in [5.74, 6) is -1.53. The Bertz CT molecular complexity index is 769. The number of allylic oxidation sites excluding steroid dienone is 2. The molecule has 22 heavy (non-hydrogen) atoms. The summed E-state index contributed by atoms with van der Waals surface area (Å²) < 4.78 is 43.0. The number of rotatable bonds is 1. The fourth-order valence-electron chi connectivity index (χ4n) is 2.41. The van der Waals surface area contributed by atoms with E-state index in [2.05, 4.69) is 10.2 Å². The number of nitrogens with zero attached hydrogens (tertiary/aromatic N) is 2. The Hall–Kier alpha value is -2.67. The number of halogens is 3. The van der Waals surface area contributed by atoms with Gasteiger partial charge >= 0.3 is 6.18 Å². The van der Waals surface area contributed by atoms with Crippen LogP contribution in [-0.2, 0) is 6.18 Å². The van der Waals surface area contributed by atoms with E-state index < -0.39 is 17.9 Å². The summed E-state index contributed by atoms with van der Waals surface area (Å²) in [6, 6.07) is 2.90. The van der Waals surface area contributed by atoms with Crippen LogP contribution in [0.5, 0.6) is 0 Å². The van der Waals surface area contributed by atoms with Crippen LogP contribution in [0.25, 0.3) is 10.5 Å². The third kappa shape index (κ3) is 2.46. The van der Waals surface area contributed by atoms with Gasteiger partial charge in [-0.05, 0) is 19.9 Å². The zero-order chi connectivity index (χ0) is 16.7. The summed E-state index contributed by atoms with van der Waals surface area (Å²) in [4.78, 5) is 3.39. The predicted molar refractivity (Wildman–Crippen MR) is 72.6 cm³/mol. The third-order valence-corrected chi connectivity index (χ3v) is 3.52. The van der Waals surface area contributed by atoms with E-state index in [0.717, 1.165) is 6.07 Å². The van der Waals surface area contributed by atoms with Gasteiger partial charge in [-0.1, -0.05) is 6.92 Å². The number of dihydropyridines is 1. The van der Waals surface area contributed by atoms with Gasteiger partial charge in [0.1, 0.15) is 5.76 Å². The molecule has 0 radical (unpaired) electrons. The Balaban J connectivity index is 2.60. The highest BCUT2D eigenvalue weighted by Crippen LogP contribution is 2.39. The molecule has 7 heteroatoms. The summed E-state index contributed by atoms with van der Waals surface area (Å²) in [6.07, 6.45) is -4.59. The second kappa shape index (κ2) is 5.27. The Morgan fingerprint density at radius 1 is 1.41 bits per heavy atom. The number of hydrogen-bond donors (Lipinski definition) is 1. The van der Waals surface area contributed by atoms with Gasteiger partial charge in [0.2, 0.25) is 5.76 Å². The van der Waals surface area contributed by atoms with Crippen LogP contribution in [0, 0.1) is 30.7 Å². The molecule has 4 nitrogen and oxygen atoms in total. The van der Waals surface area contributed by atoms with Gasteiger partial charge in [-0.2, -0.15) is 18.4 Å². The molecule has 1 aliphatic heterocycles. The van der Waals surface area contributed by atoms with E-state index in [-0.39, 0.29) is 22.7 Å². The first-order chi connectivity index (χ1) is 10.2. The first-order valence-corrected chi connectivity index (χ1v) is 6.38. The van der Waals surface area contributed by atoms with Gasteiger partial charge in [0.15, 0.2) is 5.70 Å². The average Bonchev–Trinajstić information content (AvgIpc) is 2.80. The van der Waals surface area contributed by atoms with Crippen molar-refractivity contribution in [2.75, 3.05) is 0 Å². The van der Waals surface area contributed by atoms with Crippen LogP contribution < -0.4 is 5.32 Å². The zero-order valence-corrected chi connectivity index (χ0v) is 12.1. The Labute approximate surface area is 125 Å². The molecule has 0 bridgehead atoms. The quantitative estimate of drug-likeness (QED) is 0.790. The highest BCUT2D eigenvalue weighted by atomic mass is 19.4. The highest BCUT2D eigenvalue weighted by Gasteiger charge is 2.37. The first-order valence-electron chi connectivity index (χ1n) is 6.38. The molecule has 1 atom stereocenters. The Morgan fingerprint density at radius 3 is 2.50 bits per heavy atom. The predicted octanol–water partition coefficient (Wildman–Crippen LogP) is 4.23. The molecule has 1 aliphatic rings. The number of aryl methyl sites for hydroxylation is 1. The molecule has 0 spiro atoms. The molecule has 0 fully saturated rings. The molecule has 1 N–H and O–H groups in total. The molecule has 0 aromatic carbocycles. The van der Waals surface area contributed by atoms with Crippen molar-refractivity contribution in [1.82, 2.24) is 5.32 Å². The minimum atomic E-state index is -4.59. The summed E-state index contributed by atoms with van der Waals surface area (Å²) in [6.45, 7) is 12.0. The molecule has 0 amide bonds. The van der Waals surface area contributed by atoms with Crippen LogP contribution in [0.4, 0.5) is 13.2 Å². The van der Waals surface area contributed by atoms with Crippen molar-refractivity contribution in [3.8, 4) is 6.07 Å². The van der Waals surface area contributed by atoms with Gasteiger partial charge in [0.05, 0.1) is 18.3 Å². The average molecular weight is 307 g/mol. The van der Waals surface area contributed by atoms with E-state index >= 15 is 0 Å². The van der Waals surface area contributed by atoms with E-state index in [4.69, 9.17) is 16.3 Å². The third-order valence-electron chi connectivity index (χ3n) is 3.52. The van der Waals surface area contributed by atoms with Crippen LogP contribution in [0.15, 0.2) is 27.5 Å². The topological polar surface area (TPSA) is 53.3 Å². The second-order valence-electron chi connectivity index (χ2n) is 4.95. The van der Waals surface area contributed by atoms with E-state index in [1.165, 1.54) is 6.92 Å². The Kier molecular flexibility index (Phi) is 3.76. The molecule has 1 aromatic rings. The number of nitrogens with one attached hydrogen (secondary N) is 1. The molecular weight excluding hydrogens is 295 g/mol. The fraction of sp³-hybridized carbons (Fsp3) is 0.333. The van der Waals surface area contributed by atoms with Crippen molar-refractivity contribution in [2.24, 2.45) is 5.92 Å². The lowest BCUT2D eigenvalue weighted by Gasteiger charge is -2.24. The fourth-order valence-corrected chi connectivity index (χ4v) is 2.41. The van der Waals surface area contributed by atoms with E-state index in [9.17, 15) is 13.2 Å². The van der Waals surface area contributed by atoms with E-state index in [1.54, 1.807) is 13.8 Å². The van der Waals surface area contributed by atoms with Crippen molar-refractivity contribution in [3.63, 3.8) is 0 Å². The van der Waals surface area contributed by atoms with Gasteiger partial charge in [-0.15, -0.1) is 0 Å². The summed E-state index contributed by atoms with van der Waals surface area (Å²) in [5.41, 5.74) is 1.55. The lowest BCUT2D eigenvalue weighted by molar-refractivity contribution is -0.153. The van der Waals surface area contributed by atoms with Gasteiger partial charge in [0.25, 0.3) is 0 Å². The van der Waals surface area contributed by atoms with Crippen LogP contribution >= 0.6 is 0 Å². The normalized spacial score (nSPS) is 18.8. The lowest BCUT2D eigenvalue weighted by atomic mass is 9.90. The molecule has 1 aromatic heterocycles. The van der Waals surface area contributed by atoms with Crippen LogP contribution in [0.2, 0.25) is 0 Å². The maximum Gasteiger partial charge on any atom is 0.449 e. The maximum atomic E-state index is 12.8. The first kappa shape index (κ1) is 15.7. The SMILES string of the molecule is [C-]#[N+]C1=C(c2cc(C(F)(F)F)oc2C)NC(C)=C(C#N)[C@H]1C. The molecule has 0 aliphatic carbocycles. The van der Waals surface area contributed by atoms with E-state index in [1.807, 2.05) is 6.07 Å². The maximum absolute atomic E-state index is 12.8.